The summed E-state index contributed by atoms with van der Waals surface area (Å²) in [4.78, 5) is 12.4. The third-order valence-corrected chi connectivity index (χ3v) is 6.85. The van der Waals surface area contributed by atoms with Crippen molar-refractivity contribution in [2.24, 2.45) is 0 Å². The molecule has 1 unspecified atom stereocenters. The average molecular weight is 551 g/mol. The first-order valence-corrected chi connectivity index (χ1v) is 13.3. The van der Waals surface area contributed by atoms with Crippen LogP contribution in [-0.4, -0.2) is 18.6 Å². The van der Waals surface area contributed by atoms with E-state index in [0.29, 0.717) is 6.42 Å². The second-order valence-electron chi connectivity index (χ2n) is 9.43. The number of carbonyl (C=O) groups is 1. The highest BCUT2D eigenvalue weighted by molar-refractivity contribution is 7.52. The van der Waals surface area contributed by atoms with E-state index in [1.54, 1.807) is 12.1 Å². The molecular formula is C25H31F5NO5P. The van der Waals surface area contributed by atoms with Crippen molar-refractivity contribution in [1.82, 2.24) is 5.09 Å². The summed E-state index contributed by atoms with van der Waals surface area (Å²) >= 11 is 0. The second-order valence-corrected chi connectivity index (χ2v) is 11.1. The van der Waals surface area contributed by atoms with Gasteiger partial charge in [-0.25, -0.2) is 17.7 Å². The lowest BCUT2D eigenvalue weighted by Gasteiger charge is -2.24. The Labute approximate surface area is 213 Å². The maximum Gasteiger partial charge on any atom is 0.513 e. The van der Waals surface area contributed by atoms with Crippen molar-refractivity contribution in [3.8, 4) is 11.5 Å². The SMILES string of the molecule is CCCCCCOC(=O)[C@H](C)NP(=O)(Oc1ccc(C(C)(C)C)cc1)Oc1c(F)c(F)c(F)c(F)c1F. The van der Waals surface area contributed by atoms with Gasteiger partial charge in [0.25, 0.3) is 0 Å². The number of nitrogens with one attached hydrogen (secondary N) is 1. The Balaban J connectivity index is 2.35. The van der Waals surface area contributed by atoms with Gasteiger partial charge in [0.2, 0.25) is 34.8 Å². The van der Waals surface area contributed by atoms with E-state index in [2.05, 4.69) is 5.09 Å². The molecule has 2 aromatic rings. The Morgan fingerprint density at radius 1 is 0.892 bits per heavy atom. The minimum Gasteiger partial charge on any atom is -0.465 e. The van der Waals surface area contributed by atoms with Crippen LogP contribution in [0.4, 0.5) is 22.0 Å². The van der Waals surface area contributed by atoms with Gasteiger partial charge >= 0.3 is 13.7 Å². The Morgan fingerprint density at radius 3 is 1.95 bits per heavy atom. The molecule has 0 spiro atoms. The van der Waals surface area contributed by atoms with Gasteiger partial charge in [0.1, 0.15) is 11.8 Å². The van der Waals surface area contributed by atoms with Crippen LogP contribution < -0.4 is 14.1 Å². The Morgan fingerprint density at radius 2 is 1.43 bits per heavy atom. The molecule has 0 aliphatic rings. The summed E-state index contributed by atoms with van der Waals surface area (Å²) in [5, 5.41) is 2.16. The van der Waals surface area contributed by atoms with Gasteiger partial charge in [-0.2, -0.15) is 13.9 Å². The molecule has 206 valence electrons. The zero-order valence-corrected chi connectivity index (χ0v) is 22.2. The van der Waals surface area contributed by atoms with Crippen LogP contribution in [0.15, 0.2) is 24.3 Å². The van der Waals surface area contributed by atoms with Gasteiger partial charge in [0.05, 0.1) is 6.61 Å². The van der Waals surface area contributed by atoms with E-state index in [1.807, 2.05) is 27.7 Å². The van der Waals surface area contributed by atoms with Gasteiger partial charge in [-0.05, 0) is 36.5 Å². The van der Waals surface area contributed by atoms with Crippen LogP contribution in [0.3, 0.4) is 0 Å². The summed E-state index contributed by atoms with van der Waals surface area (Å²) in [6.45, 7) is 9.12. The smallest absolute Gasteiger partial charge is 0.465 e. The van der Waals surface area contributed by atoms with Crippen molar-refractivity contribution in [3.05, 3.63) is 58.9 Å². The van der Waals surface area contributed by atoms with Gasteiger partial charge in [-0.3, -0.25) is 4.79 Å². The molecule has 12 heteroatoms. The number of ether oxygens (including phenoxy) is 1. The lowest BCUT2D eigenvalue weighted by atomic mass is 9.87. The number of halogens is 5. The summed E-state index contributed by atoms with van der Waals surface area (Å²) in [6.07, 6.45) is 3.32. The highest BCUT2D eigenvalue weighted by Crippen LogP contribution is 2.48. The topological polar surface area (TPSA) is 73.9 Å². The van der Waals surface area contributed by atoms with Crippen molar-refractivity contribution in [2.45, 2.75) is 71.8 Å². The number of unbranched alkanes of at least 4 members (excludes halogenated alkanes) is 3. The quantitative estimate of drug-likeness (QED) is 0.0743. The van der Waals surface area contributed by atoms with E-state index in [4.69, 9.17) is 13.8 Å². The number of hydrogen-bond donors (Lipinski definition) is 1. The molecule has 6 nitrogen and oxygen atoms in total. The maximum atomic E-state index is 14.3. The maximum absolute atomic E-state index is 14.3. The standard InChI is InChI=1S/C25H31F5NO5P/c1-6-7-8-9-14-34-24(32)15(2)31-37(33,35-17-12-10-16(11-13-17)25(3,4)5)36-23-21(29)19(27)18(26)20(28)22(23)30/h10-13,15H,6-9,14H2,1-5H3,(H,31,33)/t15-,37?/m0/s1. The molecule has 0 fully saturated rings. The van der Waals surface area contributed by atoms with E-state index in [9.17, 15) is 31.3 Å². The normalized spacial score (nSPS) is 14.1. The van der Waals surface area contributed by atoms with Crippen LogP contribution in [0.1, 0.15) is 65.9 Å². The first kappa shape index (κ1) is 30.6. The van der Waals surface area contributed by atoms with Crippen LogP contribution in [0.2, 0.25) is 0 Å². The molecule has 0 aliphatic carbocycles. The molecule has 0 saturated carbocycles. The Hall–Kier alpha value is -2.65. The van der Waals surface area contributed by atoms with E-state index < -0.39 is 54.6 Å². The molecule has 37 heavy (non-hydrogen) atoms. The fraction of sp³-hybridized carbons (Fsp3) is 0.480. The van der Waals surface area contributed by atoms with Gasteiger partial charge in [0.15, 0.2) is 0 Å². The van der Waals surface area contributed by atoms with E-state index in [1.165, 1.54) is 19.1 Å². The molecule has 0 aromatic heterocycles. The van der Waals surface area contributed by atoms with Crippen LogP contribution in [0.25, 0.3) is 0 Å². The minimum absolute atomic E-state index is 0.0722. The molecular weight excluding hydrogens is 520 g/mol. The molecule has 2 aromatic carbocycles. The van der Waals surface area contributed by atoms with Gasteiger partial charge in [-0.1, -0.05) is 59.1 Å². The monoisotopic (exact) mass is 551 g/mol. The summed E-state index contributed by atoms with van der Waals surface area (Å²) in [5.41, 5.74) is 0.616. The predicted octanol–water partition coefficient (Wildman–Crippen LogP) is 7.35. The molecule has 0 heterocycles. The largest absolute Gasteiger partial charge is 0.513 e. The number of carbonyl (C=O) groups excluding carboxylic acids is 1. The molecule has 0 aliphatic heterocycles. The molecule has 0 radical (unpaired) electrons. The molecule has 0 bridgehead atoms. The molecule has 2 rings (SSSR count). The highest BCUT2D eigenvalue weighted by atomic mass is 31.2. The van der Waals surface area contributed by atoms with Crippen molar-refractivity contribution in [2.75, 3.05) is 6.61 Å². The van der Waals surface area contributed by atoms with Crippen LogP contribution in [-0.2, 0) is 19.5 Å². The average Bonchev–Trinajstić information content (AvgIpc) is 2.83. The number of hydrogen-bond acceptors (Lipinski definition) is 5. The first-order valence-electron chi connectivity index (χ1n) is 11.8. The van der Waals surface area contributed by atoms with E-state index in [0.717, 1.165) is 24.8 Å². The van der Waals surface area contributed by atoms with Gasteiger partial charge < -0.3 is 13.8 Å². The van der Waals surface area contributed by atoms with Crippen molar-refractivity contribution < 1.29 is 45.1 Å². The summed E-state index contributed by atoms with van der Waals surface area (Å²) in [6, 6.07) is 4.63. The van der Waals surface area contributed by atoms with Crippen LogP contribution >= 0.6 is 7.75 Å². The summed E-state index contributed by atoms with van der Waals surface area (Å²) in [7, 11) is -4.97. The van der Waals surface area contributed by atoms with Crippen LogP contribution in [0.5, 0.6) is 11.5 Å². The van der Waals surface area contributed by atoms with Crippen molar-refractivity contribution >= 4 is 13.7 Å². The van der Waals surface area contributed by atoms with Crippen molar-refractivity contribution in [1.29, 1.82) is 0 Å². The predicted molar refractivity (Wildman–Crippen MR) is 128 cm³/mol. The van der Waals surface area contributed by atoms with Crippen molar-refractivity contribution in [3.63, 3.8) is 0 Å². The van der Waals surface area contributed by atoms with Crippen LogP contribution in [0, 0.1) is 29.1 Å². The third-order valence-electron chi connectivity index (χ3n) is 5.27. The lowest BCUT2D eigenvalue weighted by molar-refractivity contribution is -0.145. The fourth-order valence-corrected chi connectivity index (χ4v) is 4.65. The molecule has 0 saturated heterocycles. The van der Waals surface area contributed by atoms with Gasteiger partial charge in [-0.15, -0.1) is 0 Å². The zero-order valence-electron chi connectivity index (χ0n) is 21.3. The summed E-state index contributed by atoms with van der Waals surface area (Å²) < 4.78 is 98.2. The number of rotatable bonds is 12. The zero-order chi connectivity index (χ0) is 28.0. The molecule has 0 amide bonds. The fourth-order valence-electron chi connectivity index (χ4n) is 3.13. The molecule has 2 atom stereocenters. The third kappa shape index (κ3) is 8.17. The first-order chi connectivity index (χ1) is 17.2. The Kier molecular flexibility index (Phi) is 10.5. The second kappa shape index (κ2) is 12.7. The summed E-state index contributed by atoms with van der Waals surface area (Å²) in [5.74, 6) is -14.5. The minimum atomic E-state index is -4.97. The molecule has 1 N–H and O–H groups in total. The van der Waals surface area contributed by atoms with E-state index >= 15 is 0 Å². The lowest BCUT2D eigenvalue weighted by Crippen LogP contribution is -2.36. The number of benzene rings is 2. The van der Waals surface area contributed by atoms with E-state index in [-0.39, 0.29) is 17.8 Å². The van der Waals surface area contributed by atoms with Gasteiger partial charge in [0, 0.05) is 0 Å². The highest BCUT2D eigenvalue weighted by Gasteiger charge is 2.38. The number of esters is 1. The Bertz CT molecular complexity index is 1110.